The largest absolute Gasteiger partial charge is 0.309 e. The number of fused-ring (bicyclic) bond motifs is 7. The fourth-order valence-electron chi connectivity index (χ4n) is 8.92. The van der Waals surface area contributed by atoms with Crippen molar-refractivity contribution in [2.45, 2.75) is 0 Å². The first-order valence-corrected chi connectivity index (χ1v) is 21.5. The van der Waals surface area contributed by atoms with Crippen LogP contribution in [0, 0.1) is 0 Å². The van der Waals surface area contributed by atoms with Gasteiger partial charge in [-0.25, -0.2) is 15.0 Å². The van der Waals surface area contributed by atoms with Crippen LogP contribution in [0.4, 0.5) is 0 Å². The molecule has 0 aliphatic rings. The third-order valence-corrected chi connectivity index (χ3v) is 12.9. The van der Waals surface area contributed by atoms with Crippen LogP contribution in [0.3, 0.4) is 0 Å². The Morgan fingerprint density at radius 2 is 0.919 bits per heavy atom. The number of benzene rings is 8. The average Bonchev–Trinajstić information content (AvgIpc) is 3.91. The Hall–Kier alpha value is -8.06. The molecule has 290 valence electrons. The van der Waals surface area contributed by atoms with Crippen molar-refractivity contribution in [3.8, 4) is 73.4 Å². The van der Waals surface area contributed by atoms with Crippen LogP contribution in [0.5, 0.6) is 0 Å². The van der Waals surface area contributed by atoms with Crippen LogP contribution in [0.25, 0.3) is 115 Å². The maximum Gasteiger partial charge on any atom is 0.166 e. The predicted octanol–water partition coefficient (Wildman–Crippen LogP) is 14.7. The van der Waals surface area contributed by atoms with Gasteiger partial charge in [0.15, 0.2) is 17.5 Å². The SMILES string of the molecule is c1ccc(-c2nc(-c3ccccc3)nc(-c3cc(-c4ccccc4-c4ccccc4)cnc3-c3cccc4c3sc3ccc5c(c6ccccc6n5-c5ccccc5)c34)n2)cc1. The van der Waals surface area contributed by atoms with Gasteiger partial charge in [-0.3, -0.25) is 4.98 Å². The van der Waals surface area contributed by atoms with E-state index in [0.29, 0.717) is 17.5 Å². The highest BCUT2D eigenvalue weighted by Crippen LogP contribution is 2.47. The van der Waals surface area contributed by atoms with E-state index in [2.05, 4.69) is 150 Å². The van der Waals surface area contributed by atoms with E-state index < -0.39 is 0 Å². The second kappa shape index (κ2) is 14.9. The molecule has 8 aromatic carbocycles. The van der Waals surface area contributed by atoms with Gasteiger partial charge >= 0.3 is 0 Å². The molecule has 0 unspecified atom stereocenters. The van der Waals surface area contributed by atoms with Gasteiger partial charge in [0.2, 0.25) is 0 Å². The topological polar surface area (TPSA) is 56.5 Å². The fourth-order valence-corrected chi connectivity index (χ4v) is 10.1. The molecule has 0 spiro atoms. The summed E-state index contributed by atoms with van der Waals surface area (Å²) in [6, 6.07) is 72.2. The molecule has 0 aliphatic heterocycles. The molecule has 0 saturated heterocycles. The highest BCUT2D eigenvalue weighted by Gasteiger charge is 2.23. The number of aromatic nitrogens is 5. The highest BCUT2D eigenvalue weighted by atomic mass is 32.1. The zero-order valence-corrected chi connectivity index (χ0v) is 34.2. The number of hydrogen-bond donors (Lipinski definition) is 0. The maximum absolute atomic E-state index is 5.42. The van der Waals surface area contributed by atoms with E-state index in [-0.39, 0.29) is 0 Å². The molecule has 0 radical (unpaired) electrons. The smallest absolute Gasteiger partial charge is 0.166 e. The van der Waals surface area contributed by atoms with Crippen molar-refractivity contribution < 1.29 is 0 Å². The van der Waals surface area contributed by atoms with Gasteiger partial charge < -0.3 is 4.57 Å². The number of hydrogen-bond acceptors (Lipinski definition) is 5. The second-order valence-corrected chi connectivity index (χ2v) is 16.4. The van der Waals surface area contributed by atoms with Crippen LogP contribution in [0.1, 0.15) is 0 Å². The Bertz CT molecular complexity index is 3560. The Kier molecular flexibility index (Phi) is 8.61. The van der Waals surface area contributed by atoms with E-state index in [1.807, 2.05) is 78.2 Å². The Balaban J connectivity index is 1.14. The van der Waals surface area contributed by atoms with Gasteiger partial charge in [-0.05, 0) is 53.1 Å². The Labute approximate surface area is 361 Å². The van der Waals surface area contributed by atoms with Gasteiger partial charge in [0, 0.05) is 70.6 Å². The molecular formula is C56H35N5S. The first-order valence-electron chi connectivity index (χ1n) is 20.7. The van der Waals surface area contributed by atoms with Crippen LogP contribution in [0.15, 0.2) is 212 Å². The van der Waals surface area contributed by atoms with Crippen LogP contribution < -0.4 is 0 Å². The van der Waals surface area contributed by atoms with Crippen LogP contribution in [-0.4, -0.2) is 24.5 Å². The van der Waals surface area contributed by atoms with Gasteiger partial charge in [0.05, 0.1) is 16.7 Å². The molecule has 0 fully saturated rings. The third-order valence-electron chi connectivity index (χ3n) is 11.7. The van der Waals surface area contributed by atoms with Gasteiger partial charge in [0.1, 0.15) is 0 Å². The number of rotatable bonds is 7. The molecule has 0 aliphatic carbocycles. The molecule has 0 saturated carbocycles. The number of pyridine rings is 1. The minimum atomic E-state index is 0.561. The van der Waals surface area contributed by atoms with Crippen LogP contribution in [-0.2, 0) is 0 Å². The molecule has 6 heteroatoms. The average molecular weight is 810 g/mol. The summed E-state index contributed by atoms with van der Waals surface area (Å²) in [6.45, 7) is 0. The summed E-state index contributed by atoms with van der Waals surface area (Å²) in [5.41, 5.74) is 12.3. The first kappa shape index (κ1) is 35.8. The predicted molar refractivity (Wildman–Crippen MR) is 257 cm³/mol. The standard InChI is InChI=1S/C56H35N5S/c1-5-18-36(19-6-1)41-26-13-14-27-42(41)39-34-46(56-59-54(37-20-7-2-8-21-37)58-55(60-56)38-22-9-3-10-23-38)52(57-35-39)45-30-17-29-44-51-49(62-53(44)45)33-32-48-50(51)43-28-15-16-31-47(43)61(48)40-24-11-4-12-25-40/h1-35H. The number of thiophene rings is 1. The number of para-hydroxylation sites is 2. The van der Waals surface area contributed by atoms with Gasteiger partial charge in [-0.1, -0.05) is 170 Å². The van der Waals surface area contributed by atoms with Gasteiger partial charge in [0.25, 0.3) is 0 Å². The summed E-state index contributed by atoms with van der Waals surface area (Å²) < 4.78 is 4.78. The van der Waals surface area contributed by atoms with Crippen molar-refractivity contribution in [3.63, 3.8) is 0 Å². The molecule has 62 heavy (non-hydrogen) atoms. The minimum absolute atomic E-state index is 0.561. The van der Waals surface area contributed by atoms with Gasteiger partial charge in [-0.15, -0.1) is 11.3 Å². The molecule has 12 rings (SSSR count). The third kappa shape index (κ3) is 5.99. The fraction of sp³-hybridized carbons (Fsp3) is 0. The van der Waals surface area contributed by atoms with Crippen molar-refractivity contribution in [2.24, 2.45) is 0 Å². The van der Waals surface area contributed by atoms with Gasteiger partial charge in [-0.2, -0.15) is 0 Å². The summed E-state index contributed by atoms with van der Waals surface area (Å²) >= 11 is 1.81. The van der Waals surface area contributed by atoms with Crippen molar-refractivity contribution in [2.75, 3.05) is 0 Å². The molecule has 4 aromatic heterocycles. The van der Waals surface area contributed by atoms with E-state index in [1.54, 1.807) is 0 Å². The molecule has 0 amide bonds. The number of nitrogens with zero attached hydrogens (tertiary/aromatic N) is 5. The minimum Gasteiger partial charge on any atom is -0.309 e. The van der Waals surface area contributed by atoms with E-state index in [1.165, 1.54) is 42.0 Å². The van der Waals surface area contributed by atoms with Crippen molar-refractivity contribution in [1.29, 1.82) is 0 Å². The molecule has 0 N–H and O–H groups in total. The molecule has 4 heterocycles. The normalized spacial score (nSPS) is 11.5. The lowest BCUT2D eigenvalue weighted by Crippen LogP contribution is -2.02. The Morgan fingerprint density at radius 3 is 1.61 bits per heavy atom. The van der Waals surface area contributed by atoms with E-state index in [0.717, 1.165) is 55.9 Å². The molecule has 12 aromatic rings. The second-order valence-electron chi connectivity index (χ2n) is 15.4. The van der Waals surface area contributed by atoms with Crippen molar-refractivity contribution in [3.05, 3.63) is 212 Å². The van der Waals surface area contributed by atoms with Crippen LogP contribution >= 0.6 is 11.3 Å². The lowest BCUT2D eigenvalue weighted by atomic mass is 9.93. The first-order chi connectivity index (χ1) is 30.8. The Morgan fingerprint density at radius 1 is 0.371 bits per heavy atom. The lowest BCUT2D eigenvalue weighted by Gasteiger charge is -2.15. The van der Waals surface area contributed by atoms with Crippen molar-refractivity contribution in [1.82, 2.24) is 24.5 Å². The van der Waals surface area contributed by atoms with Crippen molar-refractivity contribution >= 4 is 53.3 Å². The summed E-state index contributed by atoms with van der Waals surface area (Å²) in [4.78, 5) is 21.0. The molecule has 0 atom stereocenters. The molecular weight excluding hydrogens is 775 g/mol. The molecule has 5 nitrogen and oxygen atoms in total. The lowest BCUT2D eigenvalue weighted by molar-refractivity contribution is 1.07. The maximum atomic E-state index is 5.42. The summed E-state index contributed by atoms with van der Waals surface area (Å²) in [7, 11) is 0. The highest BCUT2D eigenvalue weighted by molar-refractivity contribution is 7.26. The molecule has 0 bridgehead atoms. The zero-order valence-electron chi connectivity index (χ0n) is 33.4. The monoisotopic (exact) mass is 809 g/mol. The summed E-state index contributed by atoms with van der Waals surface area (Å²) in [5.74, 6) is 1.77. The van der Waals surface area contributed by atoms with Crippen LogP contribution in [0.2, 0.25) is 0 Å². The van der Waals surface area contributed by atoms with E-state index in [4.69, 9.17) is 19.9 Å². The quantitative estimate of drug-likeness (QED) is 0.161. The van der Waals surface area contributed by atoms with E-state index >= 15 is 0 Å². The summed E-state index contributed by atoms with van der Waals surface area (Å²) in [6.07, 6.45) is 2.01. The van der Waals surface area contributed by atoms with E-state index in [9.17, 15) is 0 Å². The summed E-state index contributed by atoms with van der Waals surface area (Å²) in [5, 5.41) is 4.93. The zero-order chi connectivity index (χ0) is 41.0.